The van der Waals surface area contributed by atoms with Crippen LogP contribution < -0.4 is 15.4 Å². The molecule has 0 fully saturated rings. The maximum absolute atomic E-state index is 13.2. The number of nitrogens with zero attached hydrogens (tertiary/aromatic N) is 1. The number of halogens is 2. The Bertz CT molecular complexity index is 1310. The fourth-order valence-electron chi connectivity index (χ4n) is 3.72. The van der Waals surface area contributed by atoms with Gasteiger partial charge >= 0.3 is 5.97 Å². The van der Waals surface area contributed by atoms with E-state index in [0.29, 0.717) is 48.9 Å². The third kappa shape index (κ3) is 7.22. The molecule has 2 N–H and O–H groups in total. The highest BCUT2D eigenvalue weighted by Crippen LogP contribution is 2.41. The summed E-state index contributed by atoms with van der Waals surface area (Å²) >= 11 is 13.3. The molecule has 1 unspecified atom stereocenters. The minimum absolute atomic E-state index is 0.00836. The van der Waals surface area contributed by atoms with Crippen LogP contribution in [0, 0.1) is 11.3 Å². The molecule has 194 valence electrons. The van der Waals surface area contributed by atoms with Crippen molar-refractivity contribution < 1.29 is 19.1 Å². The first-order valence-electron chi connectivity index (χ1n) is 11.3. The molecule has 1 heterocycles. The van der Waals surface area contributed by atoms with Crippen molar-refractivity contribution in [2.75, 3.05) is 18.2 Å². The average Bonchev–Trinajstić information content (AvgIpc) is 2.81. The first kappa shape index (κ1) is 28.5. The molecule has 10 heteroatoms. The lowest BCUT2D eigenvalue weighted by molar-refractivity contribution is -0.150. The van der Waals surface area contributed by atoms with Crippen LogP contribution in [0.15, 0.2) is 64.3 Å². The standard InChI is InChI=1S/C27H27Cl2N3O4S/c1-15-23(26(34)36-27(2,3)4)24(16-6-8-17(28)9-7-16)19(13-30)25(31-15)37-14-22(33)32-20-12-18(29)10-11-21(20)35-5/h6-12,24,31H,14H2,1-5H3,(H,32,33). The number of hydrogen-bond donors (Lipinski definition) is 2. The minimum Gasteiger partial charge on any atom is -0.495 e. The van der Waals surface area contributed by atoms with Gasteiger partial charge in [-0.1, -0.05) is 47.1 Å². The van der Waals surface area contributed by atoms with E-state index in [1.54, 1.807) is 70.2 Å². The lowest BCUT2D eigenvalue weighted by atomic mass is 9.82. The summed E-state index contributed by atoms with van der Waals surface area (Å²) in [7, 11) is 1.50. The normalized spacial score (nSPS) is 15.6. The zero-order valence-corrected chi connectivity index (χ0v) is 23.4. The summed E-state index contributed by atoms with van der Waals surface area (Å²) in [5, 5.41) is 17.6. The zero-order valence-electron chi connectivity index (χ0n) is 21.1. The molecule has 0 aromatic heterocycles. The van der Waals surface area contributed by atoms with Gasteiger partial charge in [0.05, 0.1) is 46.7 Å². The molecule has 1 aliphatic heterocycles. The van der Waals surface area contributed by atoms with Crippen molar-refractivity contribution in [3.63, 3.8) is 0 Å². The van der Waals surface area contributed by atoms with E-state index in [9.17, 15) is 14.9 Å². The van der Waals surface area contributed by atoms with Crippen LogP contribution in [-0.2, 0) is 14.3 Å². The number of esters is 1. The predicted molar refractivity (Wildman–Crippen MR) is 148 cm³/mol. The highest BCUT2D eigenvalue weighted by molar-refractivity contribution is 8.03. The molecule has 1 amide bonds. The summed E-state index contributed by atoms with van der Waals surface area (Å²) in [6.45, 7) is 7.09. The number of amides is 1. The van der Waals surface area contributed by atoms with E-state index in [-0.39, 0.29) is 11.7 Å². The fourth-order valence-corrected chi connectivity index (χ4v) is 4.91. The summed E-state index contributed by atoms with van der Waals surface area (Å²) in [4.78, 5) is 26.0. The highest BCUT2D eigenvalue weighted by Gasteiger charge is 2.37. The maximum Gasteiger partial charge on any atom is 0.337 e. The number of carbonyl (C=O) groups is 2. The minimum atomic E-state index is -0.722. The van der Waals surface area contributed by atoms with Crippen LogP contribution in [0.4, 0.5) is 5.69 Å². The van der Waals surface area contributed by atoms with Crippen LogP contribution in [0.5, 0.6) is 5.75 Å². The van der Waals surface area contributed by atoms with E-state index in [1.807, 2.05) is 0 Å². The Morgan fingerprint density at radius 1 is 1.14 bits per heavy atom. The molecule has 0 radical (unpaired) electrons. The quantitative estimate of drug-likeness (QED) is 0.378. The molecule has 0 saturated heterocycles. The fraction of sp³-hybridized carbons (Fsp3) is 0.296. The molecule has 37 heavy (non-hydrogen) atoms. The van der Waals surface area contributed by atoms with Gasteiger partial charge in [-0.3, -0.25) is 4.79 Å². The van der Waals surface area contributed by atoms with Crippen LogP contribution in [0.25, 0.3) is 0 Å². The van der Waals surface area contributed by atoms with Crippen molar-refractivity contribution in [2.45, 2.75) is 39.2 Å². The summed E-state index contributed by atoms with van der Waals surface area (Å²) in [6, 6.07) is 14.1. The van der Waals surface area contributed by atoms with Crippen molar-refractivity contribution in [1.82, 2.24) is 5.32 Å². The third-order valence-corrected chi connectivity index (χ3v) is 6.76. The van der Waals surface area contributed by atoms with Gasteiger partial charge in [0.15, 0.2) is 0 Å². The number of nitrogens with one attached hydrogen (secondary N) is 2. The first-order valence-corrected chi connectivity index (χ1v) is 13.0. The molecule has 0 bridgehead atoms. The molecule has 3 rings (SSSR count). The SMILES string of the molecule is COc1ccc(Cl)cc1NC(=O)CSC1=C(C#N)C(c2ccc(Cl)cc2)C(C(=O)OC(C)(C)C)=C(C)N1. The number of thioether (sulfide) groups is 1. The Balaban J connectivity index is 1.92. The molecule has 0 spiro atoms. The van der Waals surface area contributed by atoms with Crippen LogP contribution >= 0.6 is 35.0 Å². The number of nitriles is 1. The lowest BCUT2D eigenvalue weighted by Crippen LogP contribution is -2.32. The molecule has 1 aliphatic rings. The molecular formula is C27H27Cl2N3O4S. The van der Waals surface area contributed by atoms with Gasteiger partial charge in [0, 0.05) is 15.7 Å². The molecule has 7 nitrogen and oxygen atoms in total. The summed E-state index contributed by atoms with van der Waals surface area (Å²) in [5.74, 6) is -1.08. The van der Waals surface area contributed by atoms with E-state index >= 15 is 0 Å². The smallest absolute Gasteiger partial charge is 0.337 e. The lowest BCUT2D eigenvalue weighted by Gasteiger charge is -2.31. The first-order chi connectivity index (χ1) is 17.4. The van der Waals surface area contributed by atoms with Gasteiger partial charge in [0.25, 0.3) is 0 Å². The van der Waals surface area contributed by atoms with Gasteiger partial charge in [-0.05, 0) is 63.6 Å². The topological polar surface area (TPSA) is 100 Å². The number of methoxy groups -OCH3 is 1. The predicted octanol–water partition coefficient (Wildman–Crippen LogP) is 6.41. The monoisotopic (exact) mass is 559 g/mol. The van der Waals surface area contributed by atoms with E-state index < -0.39 is 17.5 Å². The second-order valence-electron chi connectivity index (χ2n) is 9.19. The van der Waals surface area contributed by atoms with Crippen LogP contribution in [0.3, 0.4) is 0 Å². The van der Waals surface area contributed by atoms with Crippen molar-refractivity contribution in [2.24, 2.45) is 0 Å². The van der Waals surface area contributed by atoms with Crippen LogP contribution in [-0.4, -0.2) is 30.3 Å². The second kappa shape index (κ2) is 12.0. The Morgan fingerprint density at radius 2 is 1.78 bits per heavy atom. The van der Waals surface area contributed by atoms with Crippen molar-refractivity contribution in [3.05, 3.63) is 79.9 Å². The molecule has 0 aliphatic carbocycles. The molecule has 2 aromatic carbocycles. The van der Waals surface area contributed by atoms with Gasteiger partial charge < -0.3 is 20.1 Å². The maximum atomic E-state index is 13.2. The summed E-state index contributed by atoms with van der Waals surface area (Å²) in [5.41, 5.74) is 1.58. The van der Waals surface area contributed by atoms with Crippen molar-refractivity contribution in [1.29, 1.82) is 5.26 Å². The van der Waals surface area contributed by atoms with Crippen LogP contribution in [0.2, 0.25) is 10.0 Å². The van der Waals surface area contributed by atoms with Gasteiger partial charge in [-0.15, -0.1) is 0 Å². The number of benzene rings is 2. The average molecular weight is 561 g/mol. The Morgan fingerprint density at radius 3 is 2.38 bits per heavy atom. The Hall–Kier alpha value is -3.12. The van der Waals surface area contributed by atoms with Gasteiger partial charge in [-0.2, -0.15) is 5.26 Å². The van der Waals surface area contributed by atoms with E-state index in [2.05, 4.69) is 16.7 Å². The number of dihydropyridines is 1. The summed E-state index contributed by atoms with van der Waals surface area (Å²) < 4.78 is 10.9. The molecule has 0 saturated carbocycles. The van der Waals surface area contributed by atoms with E-state index in [1.165, 1.54) is 7.11 Å². The number of allylic oxidation sites excluding steroid dienone is 2. The van der Waals surface area contributed by atoms with E-state index in [4.69, 9.17) is 32.7 Å². The number of ether oxygens (including phenoxy) is 2. The molecular weight excluding hydrogens is 533 g/mol. The largest absolute Gasteiger partial charge is 0.495 e. The third-order valence-electron chi connectivity index (χ3n) is 5.25. The Labute approximate surface area is 230 Å². The highest BCUT2D eigenvalue weighted by atomic mass is 35.5. The number of hydrogen-bond acceptors (Lipinski definition) is 7. The second-order valence-corrected chi connectivity index (χ2v) is 11.0. The number of anilines is 1. The molecule has 1 atom stereocenters. The van der Waals surface area contributed by atoms with Gasteiger partial charge in [0.1, 0.15) is 11.4 Å². The van der Waals surface area contributed by atoms with Crippen molar-refractivity contribution in [3.8, 4) is 11.8 Å². The van der Waals surface area contributed by atoms with Crippen LogP contribution in [0.1, 0.15) is 39.2 Å². The van der Waals surface area contributed by atoms with Crippen molar-refractivity contribution >= 4 is 52.5 Å². The van der Waals surface area contributed by atoms with Gasteiger partial charge in [-0.25, -0.2) is 4.79 Å². The van der Waals surface area contributed by atoms with Gasteiger partial charge in [0.2, 0.25) is 5.91 Å². The summed E-state index contributed by atoms with van der Waals surface area (Å²) in [6.07, 6.45) is 0. The van der Waals surface area contributed by atoms with E-state index in [0.717, 1.165) is 11.8 Å². The number of rotatable bonds is 7. The number of carbonyl (C=O) groups excluding carboxylic acids is 2. The Kier molecular flexibility index (Phi) is 9.19. The molecule has 2 aromatic rings. The zero-order chi connectivity index (χ0) is 27.3.